The second kappa shape index (κ2) is 2.57. The van der Waals surface area contributed by atoms with E-state index in [1.165, 1.54) is 11.1 Å². The first-order valence-corrected chi connectivity index (χ1v) is 4.33. The molecule has 4 N–H and O–H groups in total. The van der Waals surface area contributed by atoms with Gasteiger partial charge in [-0.05, 0) is 24.0 Å². The van der Waals surface area contributed by atoms with Crippen LogP contribution in [0.2, 0.25) is 0 Å². The molecule has 1 aromatic rings. The van der Waals surface area contributed by atoms with Gasteiger partial charge in [0, 0.05) is 12.1 Å². The van der Waals surface area contributed by atoms with Gasteiger partial charge >= 0.3 is 0 Å². The summed E-state index contributed by atoms with van der Waals surface area (Å²) in [4.78, 5) is 0. The molecule has 2 nitrogen and oxygen atoms in total. The fourth-order valence-electron chi connectivity index (χ4n) is 1.40. The Morgan fingerprint density at radius 2 is 1.75 bits per heavy atom. The predicted octanol–water partition coefficient (Wildman–Crippen LogP) is 1.09. The minimum absolute atomic E-state index is 0.00682. The van der Waals surface area contributed by atoms with Gasteiger partial charge in [0.25, 0.3) is 0 Å². The van der Waals surface area contributed by atoms with E-state index in [-0.39, 0.29) is 5.54 Å². The molecule has 0 heterocycles. The number of nitrogens with two attached hydrogens (primary N) is 2. The molecule has 0 aromatic heterocycles. The van der Waals surface area contributed by atoms with Gasteiger partial charge in [-0.3, -0.25) is 0 Å². The molecular formula is C10H14N2. The summed E-state index contributed by atoms with van der Waals surface area (Å²) in [5.41, 5.74) is 13.9. The zero-order chi connectivity index (χ0) is 8.60. The molecule has 2 heteroatoms. The van der Waals surface area contributed by atoms with Crippen molar-refractivity contribution in [2.75, 3.05) is 0 Å². The lowest BCUT2D eigenvalue weighted by molar-refractivity contribution is 0.739. The molecule has 2 rings (SSSR count). The van der Waals surface area contributed by atoms with E-state index in [2.05, 4.69) is 24.3 Å². The second-order valence-electron chi connectivity index (χ2n) is 3.56. The molecule has 0 spiro atoms. The number of hydrogen-bond acceptors (Lipinski definition) is 2. The van der Waals surface area contributed by atoms with Gasteiger partial charge in [0.1, 0.15) is 0 Å². The van der Waals surface area contributed by atoms with Gasteiger partial charge in [-0.15, -0.1) is 0 Å². The van der Waals surface area contributed by atoms with E-state index in [1.54, 1.807) is 0 Å². The van der Waals surface area contributed by atoms with Crippen LogP contribution in [0.3, 0.4) is 0 Å². The summed E-state index contributed by atoms with van der Waals surface area (Å²) in [6.07, 6.45) is 2.24. The van der Waals surface area contributed by atoms with Crippen LogP contribution in [0.4, 0.5) is 0 Å². The smallest absolute Gasteiger partial charge is 0.0411 e. The molecule has 0 bridgehead atoms. The molecule has 1 fully saturated rings. The molecule has 0 radical (unpaired) electrons. The maximum atomic E-state index is 6.03. The Bertz CT molecular complexity index is 272. The maximum absolute atomic E-state index is 6.03. The van der Waals surface area contributed by atoms with Crippen molar-refractivity contribution in [3.05, 3.63) is 35.4 Å². The van der Waals surface area contributed by atoms with E-state index in [0.29, 0.717) is 6.54 Å². The van der Waals surface area contributed by atoms with Crippen molar-refractivity contribution >= 4 is 0 Å². The van der Waals surface area contributed by atoms with Crippen LogP contribution in [0.25, 0.3) is 0 Å². The number of benzene rings is 1. The van der Waals surface area contributed by atoms with Gasteiger partial charge in [0.05, 0.1) is 0 Å². The highest BCUT2D eigenvalue weighted by Gasteiger charge is 2.39. The van der Waals surface area contributed by atoms with Crippen LogP contribution in [-0.4, -0.2) is 0 Å². The summed E-state index contributed by atoms with van der Waals surface area (Å²) < 4.78 is 0. The monoisotopic (exact) mass is 162 g/mol. The van der Waals surface area contributed by atoms with Crippen molar-refractivity contribution in [3.8, 4) is 0 Å². The third-order valence-electron chi connectivity index (χ3n) is 2.55. The van der Waals surface area contributed by atoms with Crippen LogP contribution in [-0.2, 0) is 12.1 Å². The third kappa shape index (κ3) is 1.24. The first kappa shape index (κ1) is 7.77. The van der Waals surface area contributed by atoms with Gasteiger partial charge in [0.2, 0.25) is 0 Å². The van der Waals surface area contributed by atoms with E-state index in [1.807, 2.05) is 0 Å². The molecule has 1 aliphatic carbocycles. The predicted molar refractivity (Wildman–Crippen MR) is 49.4 cm³/mol. The zero-order valence-corrected chi connectivity index (χ0v) is 7.09. The molecule has 1 saturated carbocycles. The zero-order valence-electron chi connectivity index (χ0n) is 7.09. The van der Waals surface area contributed by atoms with E-state index < -0.39 is 0 Å². The van der Waals surface area contributed by atoms with E-state index in [9.17, 15) is 0 Å². The van der Waals surface area contributed by atoms with Gasteiger partial charge < -0.3 is 11.5 Å². The molecule has 1 aromatic carbocycles. The average molecular weight is 162 g/mol. The first-order chi connectivity index (χ1) is 5.74. The van der Waals surface area contributed by atoms with Crippen LogP contribution >= 0.6 is 0 Å². The van der Waals surface area contributed by atoms with E-state index >= 15 is 0 Å². The highest BCUT2D eigenvalue weighted by atomic mass is 14.8. The van der Waals surface area contributed by atoms with Crippen LogP contribution in [0.5, 0.6) is 0 Å². The van der Waals surface area contributed by atoms with Crippen molar-refractivity contribution < 1.29 is 0 Å². The molecule has 0 aliphatic heterocycles. The number of rotatable bonds is 2. The van der Waals surface area contributed by atoms with Crippen molar-refractivity contribution in [2.45, 2.75) is 24.9 Å². The molecule has 1 aliphatic rings. The van der Waals surface area contributed by atoms with Crippen LogP contribution < -0.4 is 11.5 Å². The molecule has 0 saturated heterocycles. The Hall–Kier alpha value is -0.860. The van der Waals surface area contributed by atoms with Gasteiger partial charge in [-0.2, -0.15) is 0 Å². The molecule has 12 heavy (non-hydrogen) atoms. The molecule has 0 amide bonds. The summed E-state index contributed by atoms with van der Waals surface area (Å²) >= 11 is 0. The van der Waals surface area contributed by atoms with Gasteiger partial charge in [-0.25, -0.2) is 0 Å². The Kier molecular flexibility index (Phi) is 1.67. The summed E-state index contributed by atoms with van der Waals surface area (Å²) in [6, 6.07) is 8.30. The van der Waals surface area contributed by atoms with Crippen molar-refractivity contribution in [1.29, 1.82) is 0 Å². The van der Waals surface area contributed by atoms with Crippen LogP contribution in [0.1, 0.15) is 24.0 Å². The Morgan fingerprint density at radius 3 is 2.17 bits per heavy atom. The first-order valence-electron chi connectivity index (χ1n) is 4.33. The highest BCUT2D eigenvalue weighted by Crippen LogP contribution is 2.42. The Labute approximate surface area is 72.6 Å². The minimum atomic E-state index is -0.00682. The quantitative estimate of drug-likeness (QED) is 0.684. The van der Waals surface area contributed by atoms with Gasteiger partial charge in [0.15, 0.2) is 0 Å². The van der Waals surface area contributed by atoms with E-state index in [0.717, 1.165) is 12.8 Å². The minimum Gasteiger partial charge on any atom is -0.326 e. The largest absolute Gasteiger partial charge is 0.326 e. The number of hydrogen-bond donors (Lipinski definition) is 2. The molecular weight excluding hydrogens is 148 g/mol. The lowest BCUT2D eigenvalue weighted by Gasteiger charge is -2.08. The molecule has 0 unspecified atom stereocenters. The Balaban J connectivity index is 2.25. The fourth-order valence-corrected chi connectivity index (χ4v) is 1.40. The maximum Gasteiger partial charge on any atom is 0.0411 e. The topological polar surface area (TPSA) is 52.0 Å². The van der Waals surface area contributed by atoms with Crippen molar-refractivity contribution in [3.63, 3.8) is 0 Å². The second-order valence-corrected chi connectivity index (χ2v) is 3.56. The van der Waals surface area contributed by atoms with Crippen LogP contribution in [0.15, 0.2) is 24.3 Å². The third-order valence-corrected chi connectivity index (χ3v) is 2.55. The fraction of sp³-hybridized carbons (Fsp3) is 0.400. The van der Waals surface area contributed by atoms with Crippen molar-refractivity contribution in [2.24, 2.45) is 11.5 Å². The molecule has 0 atom stereocenters. The standard InChI is InChI=1S/C10H14N2/c11-7-8-1-3-9(4-2-8)10(12)5-6-10/h1-4H,5-7,11-12H2. The summed E-state index contributed by atoms with van der Waals surface area (Å²) in [5.74, 6) is 0. The van der Waals surface area contributed by atoms with Gasteiger partial charge in [-0.1, -0.05) is 24.3 Å². The summed E-state index contributed by atoms with van der Waals surface area (Å²) in [6.45, 7) is 0.609. The molecule has 64 valence electrons. The highest BCUT2D eigenvalue weighted by molar-refractivity contribution is 5.32. The summed E-state index contributed by atoms with van der Waals surface area (Å²) in [5, 5.41) is 0. The average Bonchev–Trinajstić information content (AvgIpc) is 2.85. The lowest BCUT2D eigenvalue weighted by Crippen LogP contribution is -2.18. The SMILES string of the molecule is NCc1ccc(C2(N)CC2)cc1. The van der Waals surface area contributed by atoms with Crippen molar-refractivity contribution in [1.82, 2.24) is 0 Å². The summed E-state index contributed by atoms with van der Waals surface area (Å²) in [7, 11) is 0. The normalized spacial score (nSPS) is 19.2. The van der Waals surface area contributed by atoms with Crippen LogP contribution in [0, 0.1) is 0 Å². The van der Waals surface area contributed by atoms with E-state index in [4.69, 9.17) is 11.5 Å². The lowest BCUT2D eigenvalue weighted by atomic mass is 10.0. The Morgan fingerprint density at radius 1 is 1.17 bits per heavy atom.